The topological polar surface area (TPSA) is 54.5 Å². The number of amides is 1. The lowest BCUT2D eigenvalue weighted by Gasteiger charge is -2.34. The Morgan fingerprint density at radius 3 is 3.00 bits per heavy atom. The van der Waals surface area contributed by atoms with E-state index in [2.05, 4.69) is 26.7 Å². The van der Waals surface area contributed by atoms with Crippen LogP contribution in [0.15, 0.2) is 30.3 Å². The fourth-order valence-corrected chi connectivity index (χ4v) is 5.07. The first-order valence-corrected chi connectivity index (χ1v) is 10.2. The molecule has 0 bridgehead atoms. The van der Waals surface area contributed by atoms with Crippen molar-refractivity contribution in [1.82, 2.24) is 9.27 Å². The number of fused-ring (bicyclic) bond motifs is 3. The van der Waals surface area contributed by atoms with Gasteiger partial charge in [0.05, 0.1) is 18.2 Å². The molecule has 136 valence electrons. The Bertz CT molecular complexity index is 832. The van der Waals surface area contributed by atoms with Gasteiger partial charge in [0.2, 0.25) is 5.91 Å². The maximum Gasteiger partial charge on any atom is 0.229 e. The molecule has 2 fully saturated rings. The molecule has 1 amide bonds. The van der Waals surface area contributed by atoms with Gasteiger partial charge in [0, 0.05) is 30.6 Å². The first-order valence-electron chi connectivity index (χ1n) is 9.39. The third-order valence-corrected chi connectivity index (χ3v) is 6.61. The minimum Gasteiger partial charge on any atom is -0.493 e. The number of nitrogens with one attached hydrogen (secondary N) is 1. The number of carbonyl (C=O) groups excluding carboxylic acids is 1. The molecule has 5 nitrogen and oxygen atoms in total. The zero-order chi connectivity index (χ0) is 17.7. The molecule has 1 saturated carbocycles. The molecule has 2 aromatic rings. The number of carbonyl (C=O) groups is 1. The summed E-state index contributed by atoms with van der Waals surface area (Å²) >= 11 is 1.35. The van der Waals surface area contributed by atoms with E-state index in [9.17, 15) is 4.79 Å². The number of aromatic nitrogens is 1. The van der Waals surface area contributed by atoms with Crippen LogP contribution in [-0.2, 0) is 4.79 Å². The molecule has 26 heavy (non-hydrogen) atoms. The van der Waals surface area contributed by atoms with Crippen molar-refractivity contribution < 1.29 is 9.53 Å². The number of aryl methyl sites for hydroxylation is 1. The summed E-state index contributed by atoms with van der Waals surface area (Å²) in [6.45, 7) is 4.47. The summed E-state index contributed by atoms with van der Waals surface area (Å²) < 4.78 is 10.3. The van der Waals surface area contributed by atoms with Crippen LogP contribution >= 0.6 is 11.5 Å². The lowest BCUT2D eigenvalue weighted by molar-refractivity contribution is -0.121. The van der Waals surface area contributed by atoms with Crippen LogP contribution in [0.5, 0.6) is 5.75 Å². The van der Waals surface area contributed by atoms with Crippen LogP contribution in [0.25, 0.3) is 0 Å². The van der Waals surface area contributed by atoms with Crippen molar-refractivity contribution in [3.05, 3.63) is 41.6 Å². The number of nitrogens with zero attached hydrogens (tertiary/aromatic N) is 2. The standard InChI is InChI=1S/C20H23N3O2S/c1-12-8-18(26-22-12)21-20(24)15-10-23(9-13-6-7-13)19-14-4-2-3-5-17(14)25-11-16(15)19/h2-5,8,13,15-16,19H,6-7,9-11H2,1H3,(H,21,24)/t15-,16+,19+/m1/s1. The van der Waals surface area contributed by atoms with E-state index in [1.165, 1.54) is 29.9 Å². The fraction of sp³-hybridized carbons (Fsp3) is 0.500. The summed E-state index contributed by atoms with van der Waals surface area (Å²) in [6.07, 6.45) is 2.64. The van der Waals surface area contributed by atoms with Gasteiger partial charge in [-0.1, -0.05) is 18.2 Å². The summed E-state index contributed by atoms with van der Waals surface area (Å²) in [5, 5.41) is 3.92. The van der Waals surface area contributed by atoms with Gasteiger partial charge in [0.15, 0.2) is 0 Å². The van der Waals surface area contributed by atoms with Crippen LogP contribution in [0.2, 0.25) is 0 Å². The van der Waals surface area contributed by atoms with Crippen molar-refractivity contribution in [3.63, 3.8) is 0 Å². The lowest BCUT2D eigenvalue weighted by atomic mass is 9.85. The number of benzene rings is 1. The highest BCUT2D eigenvalue weighted by molar-refractivity contribution is 7.10. The van der Waals surface area contributed by atoms with Crippen molar-refractivity contribution >= 4 is 22.4 Å². The molecule has 0 radical (unpaired) electrons. The first kappa shape index (κ1) is 16.3. The third kappa shape index (κ3) is 2.91. The highest BCUT2D eigenvalue weighted by Crippen LogP contribution is 2.49. The number of hydrogen-bond acceptors (Lipinski definition) is 5. The minimum atomic E-state index is -0.0467. The summed E-state index contributed by atoms with van der Waals surface area (Å²) in [4.78, 5) is 15.6. The van der Waals surface area contributed by atoms with Gasteiger partial charge in [-0.05, 0) is 49.3 Å². The molecule has 1 aromatic carbocycles. The van der Waals surface area contributed by atoms with Crippen LogP contribution in [-0.4, -0.2) is 34.9 Å². The quantitative estimate of drug-likeness (QED) is 0.896. The van der Waals surface area contributed by atoms with Gasteiger partial charge in [0.1, 0.15) is 10.8 Å². The van der Waals surface area contributed by atoms with Gasteiger partial charge in [-0.15, -0.1) is 0 Å². The largest absolute Gasteiger partial charge is 0.493 e. The van der Waals surface area contributed by atoms with Gasteiger partial charge in [-0.3, -0.25) is 9.69 Å². The number of para-hydroxylation sites is 1. The predicted molar refractivity (Wildman–Crippen MR) is 101 cm³/mol. The van der Waals surface area contributed by atoms with E-state index in [4.69, 9.17) is 4.74 Å². The average Bonchev–Trinajstić information content (AvgIpc) is 3.25. The molecule has 1 aliphatic carbocycles. The van der Waals surface area contributed by atoms with E-state index in [0.29, 0.717) is 12.6 Å². The van der Waals surface area contributed by atoms with Crippen LogP contribution in [0.4, 0.5) is 5.00 Å². The normalized spacial score (nSPS) is 27.5. The lowest BCUT2D eigenvalue weighted by Crippen LogP contribution is -2.34. The zero-order valence-electron chi connectivity index (χ0n) is 14.9. The molecule has 1 N–H and O–H groups in total. The van der Waals surface area contributed by atoms with Crippen molar-refractivity contribution in [3.8, 4) is 5.75 Å². The maximum atomic E-state index is 13.0. The SMILES string of the molecule is Cc1cc(NC(=O)[C@@H]2CN(CC3CC3)[C@H]3c4ccccc4OC[C@@H]23)sn1. The van der Waals surface area contributed by atoms with Crippen LogP contribution in [0.3, 0.4) is 0 Å². The third-order valence-electron chi connectivity index (χ3n) is 5.82. The molecule has 5 rings (SSSR count). The molecular weight excluding hydrogens is 346 g/mol. The predicted octanol–water partition coefficient (Wildman–Crippen LogP) is 3.48. The summed E-state index contributed by atoms with van der Waals surface area (Å²) in [6, 6.07) is 10.5. The van der Waals surface area contributed by atoms with E-state index in [0.717, 1.165) is 35.5 Å². The Kier molecular flexibility index (Phi) is 3.98. The van der Waals surface area contributed by atoms with Crippen molar-refractivity contribution in [1.29, 1.82) is 0 Å². The molecule has 3 aliphatic rings. The molecule has 1 aromatic heterocycles. The van der Waals surface area contributed by atoms with E-state index in [1.807, 2.05) is 25.1 Å². The van der Waals surface area contributed by atoms with Crippen molar-refractivity contribution in [2.45, 2.75) is 25.8 Å². The maximum absolute atomic E-state index is 13.0. The highest BCUT2D eigenvalue weighted by Gasteiger charge is 2.49. The zero-order valence-corrected chi connectivity index (χ0v) is 15.7. The molecule has 0 spiro atoms. The van der Waals surface area contributed by atoms with Gasteiger partial charge in [-0.2, -0.15) is 4.37 Å². The molecule has 0 unspecified atom stereocenters. The second-order valence-electron chi connectivity index (χ2n) is 7.78. The van der Waals surface area contributed by atoms with Crippen LogP contribution in [0, 0.1) is 24.7 Å². The molecule has 6 heteroatoms. The Morgan fingerprint density at radius 2 is 2.23 bits per heavy atom. The van der Waals surface area contributed by atoms with E-state index in [1.54, 1.807) is 0 Å². The minimum absolute atomic E-state index is 0.0467. The average molecular weight is 369 g/mol. The fourth-order valence-electron chi connectivity index (χ4n) is 4.40. The molecule has 1 saturated heterocycles. The van der Waals surface area contributed by atoms with Crippen LogP contribution in [0.1, 0.15) is 30.1 Å². The Morgan fingerprint density at radius 1 is 1.38 bits per heavy atom. The molecular formula is C20H23N3O2S. The van der Waals surface area contributed by atoms with E-state index >= 15 is 0 Å². The summed E-state index contributed by atoms with van der Waals surface area (Å²) in [5.41, 5.74) is 2.19. The van der Waals surface area contributed by atoms with Gasteiger partial charge >= 0.3 is 0 Å². The second kappa shape index (κ2) is 6.35. The number of likely N-dealkylation sites (tertiary alicyclic amines) is 1. The molecule has 3 atom stereocenters. The summed E-state index contributed by atoms with van der Waals surface area (Å²) in [7, 11) is 0. The Balaban J connectivity index is 1.42. The van der Waals surface area contributed by atoms with E-state index in [-0.39, 0.29) is 17.7 Å². The number of anilines is 1. The smallest absolute Gasteiger partial charge is 0.229 e. The monoisotopic (exact) mass is 369 g/mol. The molecule has 3 heterocycles. The number of hydrogen-bond donors (Lipinski definition) is 1. The van der Waals surface area contributed by atoms with Gasteiger partial charge in [-0.25, -0.2) is 0 Å². The number of rotatable bonds is 4. The first-order chi connectivity index (χ1) is 12.7. The Hall–Kier alpha value is -1.92. The van der Waals surface area contributed by atoms with Crippen molar-refractivity contribution in [2.75, 3.05) is 25.0 Å². The van der Waals surface area contributed by atoms with Gasteiger partial charge < -0.3 is 10.1 Å². The van der Waals surface area contributed by atoms with Crippen molar-refractivity contribution in [2.24, 2.45) is 17.8 Å². The van der Waals surface area contributed by atoms with E-state index < -0.39 is 0 Å². The second-order valence-corrected chi connectivity index (χ2v) is 8.59. The number of ether oxygens (including phenoxy) is 1. The summed E-state index contributed by atoms with van der Waals surface area (Å²) in [5.74, 6) is 2.04. The Labute approximate surface area is 157 Å². The molecule has 2 aliphatic heterocycles. The highest BCUT2D eigenvalue weighted by atomic mass is 32.1. The van der Waals surface area contributed by atoms with Crippen LogP contribution < -0.4 is 10.1 Å². The van der Waals surface area contributed by atoms with Gasteiger partial charge in [0.25, 0.3) is 0 Å².